The summed E-state index contributed by atoms with van der Waals surface area (Å²) < 4.78 is 34.7. The van der Waals surface area contributed by atoms with Crippen molar-refractivity contribution in [2.75, 3.05) is 13.1 Å². The van der Waals surface area contributed by atoms with Gasteiger partial charge in [-0.15, -0.1) is 24.0 Å². The summed E-state index contributed by atoms with van der Waals surface area (Å²) in [7, 11) is 0. The number of rotatable bonds is 8. The van der Waals surface area contributed by atoms with Gasteiger partial charge in [-0.2, -0.15) is 8.78 Å². The summed E-state index contributed by atoms with van der Waals surface area (Å²) in [5.74, 6) is 0.951. The van der Waals surface area contributed by atoms with E-state index < -0.39 is 12.2 Å². The van der Waals surface area contributed by atoms with Crippen molar-refractivity contribution < 1.29 is 23.0 Å². The number of halogens is 3. The Hall–Kier alpha value is -1.88. The van der Waals surface area contributed by atoms with Gasteiger partial charge < -0.3 is 24.9 Å². The van der Waals surface area contributed by atoms with E-state index >= 15 is 0 Å². The van der Waals surface area contributed by atoms with Crippen LogP contribution in [0.3, 0.4) is 0 Å². The molecular formula is C18H24F2IN3O3. The van der Waals surface area contributed by atoms with Crippen molar-refractivity contribution in [1.82, 2.24) is 10.6 Å². The maximum atomic E-state index is 12.5. The molecule has 150 valence electrons. The Morgan fingerprint density at radius 1 is 1.26 bits per heavy atom. The molecule has 0 amide bonds. The van der Waals surface area contributed by atoms with Crippen LogP contribution in [0, 0.1) is 0 Å². The van der Waals surface area contributed by atoms with Crippen molar-refractivity contribution in [1.29, 1.82) is 0 Å². The molecule has 0 saturated carbocycles. The third kappa shape index (κ3) is 7.33. The number of aliphatic hydroxyl groups is 1. The molecule has 9 heteroatoms. The third-order valence-corrected chi connectivity index (χ3v) is 3.59. The largest absolute Gasteiger partial charge is 0.466 e. The van der Waals surface area contributed by atoms with Crippen LogP contribution in [0.5, 0.6) is 5.75 Å². The highest BCUT2D eigenvalue weighted by Crippen LogP contribution is 2.21. The van der Waals surface area contributed by atoms with E-state index in [0.29, 0.717) is 23.8 Å². The van der Waals surface area contributed by atoms with E-state index in [1.54, 1.807) is 37.3 Å². The highest BCUT2D eigenvalue weighted by Gasteiger charge is 2.26. The number of hydrogen-bond donors (Lipinski definition) is 3. The number of aliphatic imine (C=N–C) groups is 1. The molecule has 6 nitrogen and oxygen atoms in total. The van der Waals surface area contributed by atoms with Crippen LogP contribution in [0.4, 0.5) is 8.78 Å². The molecule has 1 heterocycles. The summed E-state index contributed by atoms with van der Waals surface area (Å²) in [4.78, 5) is 4.36. The van der Waals surface area contributed by atoms with Crippen molar-refractivity contribution in [3.63, 3.8) is 0 Å². The number of ether oxygens (including phenoxy) is 1. The Kier molecular flexibility index (Phi) is 9.50. The third-order valence-electron chi connectivity index (χ3n) is 3.59. The van der Waals surface area contributed by atoms with Crippen molar-refractivity contribution in [3.05, 3.63) is 54.0 Å². The van der Waals surface area contributed by atoms with Gasteiger partial charge in [0.2, 0.25) is 0 Å². The Morgan fingerprint density at radius 3 is 2.63 bits per heavy atom. The number of nitrogens with zero attached hydrogens (tertiary/aromatic N) is 1. The predicted molar refractivity (Wildman–Crippen MR) is 110 cm³/mol. The molecule has 0 saturated heterocycles. The fraction of sp³-hybridized carbons (Fsp3) is 0.389. The standard InChI is InChI=1S/C18H23F2N3O3.HI/c1-3-21-17(23-12-18(2,24)15-9-6-10-25-15)22-11-13-7-4-5-8-14(13)26-16(19)20;/h4-10,16,24H,3,11-12H2,1-2H3,(H2,21,22,23);1H. The molecule has 1 aromatic carbocycles. The Morgan fingerprint density at radius 2 is 2.00 bits per heavy atom. The molecule has 0 radical (unpaired) electrons. The lowest BCUT2D eigenvalue weighted by molar-refractivity contribution is -0.0504. The minimum absolute atomic E-state index is 0. The fourth-order valence-corrected chi connectivity index (χ4v) is 2.28. The normalized spacial score (nSPS) is 13.6. The van der Waals surface area contributed by atoms with Crippen molar-refractivity contribution in [2.24, 2.45) is 4.99 Å². The van der Waals surface area contributed by atoms with Crippen LogP contribution < -0.4 is 15.4 Å². The number of benzene rings is 1. The molecule has 0 aliphatic heterocycles. The zero-order chi connectivity index (χ0) is 19.0. The van der Waals surface area contributed by atoms with Crippen LogP contribution in [0.25, 0.3) is 0 Å². The molecule has 2 rings (SSSR count). The van der Waals surface area contributed by atoms with Gasteiger partial charge in [-0.3, -0.25) is 0 Å². The summed E-state index contributed by atoms with van der Waals surface area (Å²) >= 11 is 0. The van der Waals surface area contributed by atoms with Crippen molar-refractivity contribution in [2.45, 2.75) is 32.6 Å². The minimum Gasteiger partial charge on any atom is -0.466 e. The first-order valence-corrected chi connectivity index (χ1v) is 8.23. The van der Waals surface area contributed by atoms with Gasteiger partial charge in [0.15, 0.2) is 5.96 Å². The molecule has 2 aromatic rings. The Labute approximate surface area is 174 Å². The fourth-order valence-electron chi connectivity index (χ4n) is 2.28. The first-order valence-electron chi connectivity index (χ1n) is 8.23. The smallest absolute Gasteiger partial charge is 0.387 e. The van der Waals surface area contributed by atoms with Gasteiger partial charge in [0, 0.05) is 12.1 Å². The van der Waals surface area contributed by atoms with E-state index in [4.69, 9.17) is 4.42 Å². The van der Waals surface area contributed by atoms with Crippen LogP contribution in [-0.4, -0.2) is 30.8 Å². The molecule has 0 spiro atoms. The SMILES string of the molecule is CCNC(=NCc1ccccc1OC(F)F)NCC(C)(O)c1ccco1.I. The van der Waals surface area contributed by atoms with E-state index in [1.165, 1.54) is 12.3 Å². The maximum absolute atomic E-state index is 12.5. The lowest BCUT2D eigenvalue weighted by Gasteiger charge is -2.22. The quantitative estimate of drug-likeness (QED) is 0.297. The van der Waals surface area contributed by atoms with Crippen LogP contribution in [0.1, 0.15) is 25.2 Å². The second-order valence-corrected chi connectivity index (χ2v) is 5.79. The first-order chi connectivity index (χ1) is 12.4. The molecule has 3 N–H and O–H groups in total. The molecule has 27 heavy (non-hydrogen) atoms. The molecule has 0 aliphatic carbocycles. The average Bonchev–Trinajstić information content (AvgIpc) is 3.13. The van der Waals surface area contributed by atoms with Gasteiger partial charge in [0.05, 0.1) is 19.4 Å². The number of alkyl halides is 2. The van der Waals surface area contributed by atoms with Crippen molar-refractivity contribution in [3.8, 4) is 5.75 Å². The Balaban J connectivity index is 0.00000364. The second-order valence-electron chi connectivity index (χ2n) is 5.79. The van der Waals surface area contributed by atoms with Gasteiger partial charge in [-0.25, -0.2) is 4.99 Å². The van der Waals surface area contributed by atoms with Gasteiger partial charge in [-0.1, -0.05) is 18.2 Å². The molecule has 1 atom stereocenters. The molecule has 0 aliphatic rings. The lowest BCUT2D eigenvalue weighted by Crippen LogP contribution is -2.44. The minimum atomic E-state index is -2.89. The van der Waals surface area contributed by atoms with Crippen LogP contribution in [0.2, 0.25) is 0 Å². The zero-order valence-electron chi connectivity index (χ0n) is 15.1. The summed E-state index contributed by atoms with van der Waals surface area (Å²) in [6.45, 7) is 1.52. The van der Waals surface area contributed by atoms with E-state index in [1.807, 2.05) is 6.92 Å². The van der Waals surface area contributed by atoms with E-state index in [-0.39, 0.29) is 42.8 Å². The van der Waals surface area contributed by atoms with Gasteiger partial charge in [-0.05, 0) is 32.0 Å². The second kappa shape index (κ2) is 11.1. The zero-order valence-corrected chi connectivity index (χ0v) is 17.4. The van der Waals surface area contributed by atoms with Crippen LogP contribution in [-0.2, 0) is 12.1 Å². The van der Waals surface area contributed by atoms with E-state index in [0.717, 1.165) is 0 Å². The molecule has 1 unspecified atom stereocenters. The lowest BCUT2D eigenvalue weighted by atomic mass is 10.0. The summed E-state index contributed by atoms with van der Waals surface area (Å²) in [5.41, 5.74) is -0.695. The number of guanidine groups is 1. The highest BCUT2D eigenvalue weighted by atomic mass is 127. The number of hydrogen-bond acceptors (Lipinski definition) is 4. The summed E-state index contributed by atoms with van der Waals surface area (Å²) in [6.07, 6.45) is 1.49. The van der Waals surface area contributed by atoms with Gasteiger partial charge in [0.25, 0.3) is 0 Å². The summed E-state index contributed by atoms with van der Waals surface area (Å²) in [6, 6.07) is 9.87. The Bertz CT molecular complexity index is 710. The number of para-hydroxylation sites is 1. The predicted octanol–water partition coefficient (Wildman–Crippen LogP) is 3.46. The number of nitrogens with one attached hydrogen (secondary N) is 2. The topological polar surface area (TPSA) is 79.0 Å². The van der Waals surface area contributed by atoms with Crippen molar-refractivity contribution >= 4 is 29.9 Å². The maximum Gasteiger partial charge on any atom is 0.387 e. The molecular weight excluding hydrogens is 471 g/mol. The van der Waals surface area contributed by atoms with Gasteiger partial charge in [0.1, 0.15) is 17.1 Å². The monoisotopic (exact) mass is 495 g/mol. The molecule has 1 aromatic heterocycles. The average molecular weight is 495 g/mol. The first kappa shape index (κ1) is 23.2. The number of furan rings is 1. The van der Waals surface area contributed by atoms with Gasteiger partial charge >= 0.3 is 6.61 Å². The molecule has 0 bridgehead atoms. The summed E-state index contributed by atoms with van der Waals surface area (Å²) in [5, 5.41) is 16.5. The van der Waals surface area contributed by atoms with E-state index in [9.17, 15) is 13.9 Å². The van der Waals surface area contributed by atoms with E-state index in [2.05, 4.69) is 20.4 Å². The molecule has 0 fully saturated rings. The van der Waals surface area contributed by atoms with Crippen LogP contribution in [0.15, 0.2) is 52.1 Å². The highest BCUT2D eigenvalue weighted by molar-refractivity contribution is 14.0. The van der Waals surface area contributed by atoms with Crippen LogP contribution >= 0.6 is 24.0 Å².